The van der Waals surface area contributed by atoms with Crippen molar-refractivity contribution in [2.45, 2.75) is 13.8 Å². The van der Waals surface area contributed by atoms with Crippen LogP contribution in [0, 0.1) is 25.5 Å². The predicted molar refractivity (Wildman–Crippen MR) is 102 cm³/mol. The summed E-state index contributed by atoms with van der Waals surface area (Å²) in [6, 6.07) is 13.7. The van der Waals surface area contributed by atoms with Gasteiger partial charge in [0.1, 0.15) is 23.1 Å². The minimum Gasteiger partial charge on any atom is -0.428 e. The monoisotopic (exact) mass is 381 g/mol. The molecule has 0 heterocycles. The van der Waals surface area contributed by atoms with Gasteiger partial charge in [0.2, 0.25) is 0 Å². The van der Waals surface area contributed by atoms with Crippen molar-refractivity contribution in [3.8, 4) is 16.9 Å². The summed E-state index contributed by atoms with van der Waals surface area (Å²) in [6.45, 7) is 4.04. The van der Waals surface area contributed by atoms with Gasteiger partial charge in [-0.15, -0.1) is 0 Å². The van der Waals surface area contributed by atoms with E-state index in [-0.39, 0.29) is 17.8 Å². The molecule has 0 saturated heterocycles. The summed E-state index contributed by atoms with van der Waals surface area (Å²) in [5.41, 5.74) is 2.52. The summed E-state index contributed by atoms with van der Waals surface area (Å²) in [5.74, 6) is -2.62. The topological polar surface area (TPSA) is 55.4 Å². The van der Waals surface area contributed by atoms with Crippen molar-refractivity contribution < 1.29 is 23.1 Å². The smallest absolute Gasteiger partial charge is 0.298 e. The second kappa shape index (κ2) is 8.00. The first kappa shape index (κ1) is 19.2. The molecule has 1 amide bonds. The predicted octanol–water partition coefficient (Wildman–Crippen LogP) is 5.04. The summed E-state index contributed by atoms with van der Waals surface area (Å²) in [4.78, 5) is 23.0. The summed E-state index contributed by atoms with van der Waals surface area (Å²) in [7, 11) is 0. The maximum Gasteiger partial charge on any atom is 0.298 e. The number of aryl methyl sites for hydroxylation is 2. The van der Waals surface area contributed by atoms with Gasteiger partial charge in [0.05, 0.1) is 5.56 Å². The van der Waals surface area contributed by atoms with Crippen LogP contribution in [0.25, 0.3) is 11.1 Å². The van der Waals surface area contributed by atoms with Crippen LogP contribution in [0.2, 0.25) is 0 Å². The molecule has 142 valence electrons. The summed E-state index contributed by atoms with van der Waals surface area (Å²) < 4.78 is 33.8. The fourth-order valence-electron chi connectivity index (χ4n) is 2.77. The quantitative estimate of drug-likeness (QED) is 0.630. The molecule has 0 bridgehead atoms. The number of halogens is 2. The molecule has 0 atom stereocenters. The molecule has 0 aromatic heterocycles. The van der Waals surface area contributed by atoms with E-state index in [9.17, 15) is 18.4 Å². The Morgan fingerprint density at radius 1 is 0.929 bits per heavy atom. The molecule has 0 radical (unpaired) electrons. The van der Waals surface area contributed by atoms with Gasteiger partial charge in [-0.25, -0.2) is 8.78 Å². The van der Waals surface area contributed by atoms with Crippen molar-refractivity contribution in [2.75, 3.05) is 5.32 Å². The van der Waals surface area contributed by atoms with Crippen LogP contribution in [0.15, 0.2) is 54.6 Å². The average Bonchev–Trinajstić information content (AvgIpc) is 2.67. The Kier molecular flexibility index (Phi) is 5.49. The largest absolute Gasteiger partial charge is 0.428 e. The van der Waals surface area contributed by atoms with Gasteiger partial charge in [0.25, 0.3) is 12.4 Å². The van der Waals surface area contributed by atoms with E-state index >= 15 is 0 Å². The lowest BCUT2D eigenvalue weighted by atomic mass is 10.00. The third-order valence-corrected chi connectivity index (χ3v) is 4.43. The third-order valence-electron chi connectivity index (χ3n) is 4.43. The number of hydrogen-bond donors (Lipinski definition) is 1. The van der Waals surface area contributed by atoms with Crippen molar-refractivity contribution in [3.05, 3.63) is 82.9 Å². The summed E-state index contributed by atoms with van der Waals surface area (Å²) >= 11 is 0. The maximum atomic E-state index is 14.6. The zero-order chi connectivity index (χ0) is 20.3. The Bertz CT molecular complexity index is 1040. The second-order valence-corrected chi connectivity index (χ2v) is 6.28. The van der Waals surface area contributed by atoms with Crippen LogP contribution >= 0.6 is 0 Å². The van der Waals surface area contributed by atoms with Crippen LogP contribution in [0.5, 0.6) is 5.75 Å². The van der Waals surface area contributed by atoms with Gasteiger partial charge in [-0.2, -0.15) is 0 Å². The normalized spacial score (nSPS) is 10.4. The molecule has 0 spiro atoms. The molecule has 3 aromatic carbocycles. The van der Waals surface area contributed by atoms with Crippen LogP contribution in [0.4, 0.5) is 14.5 Å². The van der Waals surface area contributed by atoms with Crippen molar-refractivity contribution in [3.63, 3.8) is 0 Å². The number of anilines is 1. The molecule has 0 aliphatic heterocycles. The molecule has 1 N–H and O–H groups in total. The molecule has 28 heavy (non-hydrogen) atoms. The highest BCUT2D eigenvalue weighted by Gasteiger charge is 2.18. The first-order valence-electron chi connectivity index (χ1n) is 8.48. The zero-order valence-electron chi connectivity index (χ0n) is 15.3. The number of ether oxygens (including phenoxy) is 1. The van der Waals surface area contributed by atoms with E-state index in [0.29, 0.717) is 11.1 Å². The summed E-state index contributed by atoms with van der Waals surface area (Å²) in [6.07, 6.45) is 0. The fraction of sp³-hybridized carbons (Fsp3) is 0.0909. The van der Waals surface area contributed by atoms with E-state index in [1.54, 1.807) is 18.2 Å². The van der Waals surface area contributed by atoms with Crippen LogP contribution in [-0.2, 0) is 4.79 Å². The number of benzene rings is 3. The Morgan fingerprint density at radius 2 is 1.61 bits per heavy atom. The van der Waals surface area contributed by atoms with Gasteiger partial charge in [-0.3, -0.25) is 9.59 Å². The minimum atomic E-state index is -0.907. The number of para-hydroxylation sites is 1. The molecule has 4 nitrogen and oxygen atoms in total. The number of rotatable bonds is 5. The lowest BCUT2D eigenvalue weighted by Crippen LogP contribution is -2.15. The van der Waals surface area contributed by atoms with E-state index in [1.165, 1.54) is 12.1 Å². The van der Waals surface area contributed by atoms with Crippen molar-refractivity contribution in [2.24, 2.45) is 0 Å². The SMILES string of the molecule is Cc1ccc(-c2cc(F)c(NC(=O)c3ccccc3OC=O)c(F)c2)cc1C. The number of carbonyl (C=O) groups is 2. The molecule has 0 saturated carbocycles. The van der Waals surface area contributed by atoms with Crippen molar-refractivity contribution in [1.82, 2.24) is 0 Å². The zero-order valence-corrected chi connectivity index (χ0v) is 15.3. The van der Waals surface area contributed by atoms with E-state index in [2.05, 4.69) is 5.32 Å². The van der Waals surface area contributed by atoms with Gasteiger partial charge in [-0.05, 0) is 60.4 Å². The van der Waals surface area contributed by atoms with Gasteiger partial charge in [0, 0.05) is 0 Å². The molecule has 3 aromatic rings. The highest BCUT2D eigenvalue weighted by atomic mass is 19.1. The van der Waals surface area contributed by atoms with E-state index in [1.807, 2.05) is 26.0 Å². The van der Waals surface area contributed by atoms with E-state index in [4.69, 9.17) is 4.74 Å². The molecule has 0 fully saturated rings. The lowest BCUT2D eigenvalue weighted by Gasteiger charge is -2.12. The van der Waals surface area contributed by atoms with E-state index in [0.717, 1.165) is 23.3 Å². The van der Waals surface area contributed by atoms with Gasteiger partial charge >= 0.3 is 0 Å². The molecule has 0 unspecified atom stereocenters. The Morgan fingerprint density at radius 3 is 2.25 bits per heavy atom. The first-order chi connectivity index (χ1) is 13.4. The van der Waals surface area contributed by atoms with Crippen LogP contribution in [0.1, 0.15) is 21.5 Å². The Balaban J connectivity index is 1.92. The average molecular weight is 381 g/mol. The van der Waals surface area contributed by atoms with Crippen molar-refractivity contribution in [1.29, 1.82) is 0 Å². The molecule has 3 rings (SSSR count). The fourth-order valence-corrected chi connectivity index (χ4v) is 2.77. The lowest BCUT2D eigenvalue weighted by molar-refractivity contribution is -0.120. The Labute approximate surface area is 160 Å². The molecular weight excluding hydrogens is 364 g/mol. The number of hydrogen-bond acceptors (Lipinski definition) is 3. The van der Waals surface area contributed by atoms with Crippen LogP contribution in [-0.4, -0.2) is 12.4 Å². The first-order valence-corrected chi connectivity index (χ1v) is 8.48. The van der Waals surface area contributed by atoms with Crippen LogP contribution < -0.4 is 10.1 Å². The molecule has 0 aliphatic rings. The number of nitrogens with one attached hydrogen (secondary N) is 1. The minimum absolute atomic E-state index is 0.0115. The Hall–Kier alpha value is -3.54. The van der Waals surface area contributed by atoms with Gasteiger partial charge < -0.3 is 10.1 Å². The molecule has 0 aliphatic carbocycles. The standard InChI is InChI=1S/C22H17F2NO3/c1-13-7-8-15(9-14(13)2)16-10-18(23)21(19(24)11-16)25-22(27)17-5-3-4-6-20(17)28-12-26/h3-12H,1-2H3,(H,25,27). The second-order valence-electron chi connectivity index (χ2n) is 6.28. The molecular formula is C22H17F2NO3. The molecule has 6 heteroatoms. The number of carbonyl (C=O) groups excluding carboxylic acids is 2. The van der Waals surface area contributed by atoms with Crippen molar-refractivity contribution >= 4 is 18.1 Å². The summed E-state index contributed by atoms with van der Waals surface area (Å²) in [5, 5.41) is 2.21. The highest BCUT2D eigenvalue weighted by molar-refractivity contribution is 6.06. The van der Waals surface area contributed by atoms with Crippen LogP contribution in [0.3, 0.4) is 0 Å². The van der Waals surface area contributed by atoms with E-state index < -0.39 is 23.2 Å². The van der Waals surface area contributed by atoms with Gasteiger partial charge in [-0.1, -0.05) is 30.3 Å². The number of amides is 1. The highest BCUT2D eigenvalue weighted by Crippen LogP contribution is 2.29. The maximum absolute atomic E-state index is 14.6. The third kappa shape index (κ3) is 3.91. The van der Waals surface area contributed by atoms with Gasteiger partial charge in [0.15, 0.2) is 0 Å².